The van der Waals surface area contributed by atoms with Crippen molar-refractivity contribution in [2.75, 3.05) is 32.6 Å². The van der Waals surface area contributed by atoms with Crippen molar-refractivity contribution in [2.24, 2.45) is 0 Å². The molecule has 0 aromatic heterocycles. The van der Waals surface area contributed by atoms with Gasteiger partial charge in [0.15, 0.2) is 6.61 Å². The van der Waals surface area contributed by atoms with Crippen molar-refractivity contribution in [1.82, 2.24) is 10.2 Å². The molecule has 6 nitrogen and oxygen atoms in total. The minimum absolute atomic E-state index is 0.0286. The van der Waals surface area contributed by atoms with Crippen molar-refractivity contribution in [2.45, 2.75) is 19.8 Å². The number of carbonyl (C=O) groups is 2. The molecule has 0 saturated carbocycles. The molecule has 0 spiro atoms. The number of hydrogen-bond donors (Lipinski definition) is 2. The van der Waals surface area contributed by atoms with E-state index in [9.17, 15) is 9.59 Å². The van der Waals surface area contributed by atoms with Crippen LogP contribution in [-0.2, 0) is 4.79 Å². The highest BCUT2D eigenvalue weighted by atomic mass is 16.5. The number of amides is 3. The van der Waals surface area contributed by atoms with Crippen LogP contribution in [0.4, 0.5) is 10.5 Å². The molecule has 1 aromatic rings. The van der Waals surface area contributed by atoms with Crippen LogP contribution < -0.4 is 15.4 Å². The van der Waals surface area contributed by atoms with Crippen LogP contribution in [0.25, 0.3) is 0 Å². The Morgan fingerprint density at radius 3 is 2.71 bits per heavy atom. The van der Waals surface area contributed by atoms with Gasteiger partial charge in [-0.3, -0.25) is 4.79 Å². The Balaban J connectivity index is 2.48. The maximum atomic E-state index is 11.6. The molecule has 6 heteroatoms. The Labute approximate surface area is 125 Å². The molecule has 1 aromatic carbocycles. The molecule has 0 heterocycles. The summed E-state index contributed by atoms with van der Waals surface area (Å²) in [4.78, 5) is 24.5. The molecule has 0 aliphatic carbocycles. The first kappa shape index (κ1) is 16.8. The van der Waals surface area contributed by atoms with Crippen molar-refractivity contribution in [3.8, 4) is 5.75 Å². The van der Waals surface area contributed by atoms with E-state index in [0.717, 1.165) is 12.8 Å². The Kier molecular flexibility index (Phi) is 7.08. The van der Waals surface area contributed by atoms with E-state index < -0.39 is 0 Å². The van der Waals surface area contributed by atoms with Gasteiger partial charge >= 0.3 is 6.03 Å². The Morgan fingerprint density at radius 1 is 1.29 bits per heavy atom. The first-order valence-electron chi connectivity index (χ1n) is 7.00. The fourth-order valence-electron chi connectivity index (χ4n) is 1.49. The Hall–Kier alpha value is -2.24. The zero-order chi connectivity index (χ0) is 15.7. The van der Waals surface area contributed by atoms with Crippen molar-refractivity contribution >= 4 is 17.6 Å². The quantitative estimate of drug-likeness (QED) is 0.756. The lowest BCUT2D eigenvalue weighted by Crippen LogP contribution is -2.29. The molecule has 21 heavy (non-hydrogen) atoms. The third kappa shape index (κ3) is 6.65. The predicted octanol–water partition coefficient (Wildman–Crippen LogP) is 2.08. The summed E-state index contributed by atoms with van der Waals surface area (Å²) in [6, 6.07) is 6.70. The minimum atomic E-state index is -0.245. The minimum Gasteiger partial charge on any atom is -0.484 e. The topological polar surface area (TPSA) is 70.7 Å². The molecule has 0 saturated heterocycles. The highest BCUT2D eigenvalue weighted by Crippen LogP contribution is 2.17. The van der Waals surface area contributed by atoms with Crippen LogP contribution in [0.15, 0.2) is 24.3 Å². The molecular weight excluding hydrogens is 270 g/mol. The molecule has 0 bridgehead atoms. The average Bonchev–Trinajstić information content (AvgIpc) is 2.45. The van der Waals surface area contributed by atoms with Crippen LogP contribution in [0.2, 0.25) is 0 Å². The van der Waals surface area contributed by atoms with Gasteiger partial charge in [-0.05, 0) is 18.6 Å². The summed E-state index contributed by atoms with van der Waals surface area (Å²) in [5, 5.41) is 5.49. The predicted molar refractivity (Wildman–Crippen MR) is 82.6 cm³/mol. The van der Waals surface area contributed by atoms with Crippen LogP contribution in [0.3, 0.4) is 0 Å². The van der Waals surface area contributed by atoms with Crippen LogP contribution in [0.1, 0.15) is 19.8 Å². The Morgan fingerprint density at radius 2 is 2.05 bits per heavy atom. The number of carbonyl (C=O) groups excluding carboxylic acids is 2. The third-order valence-corrected chi connectivity index (χ3v) is 2.77. The lowest BCUT2D eigenvalue weighted by molar-refractivity contribution is -0.130. The number of hydrogen-bond acceptors (Lipinski definition) is 3. The van der Waals surface area contributed by atoms with Gasteiger partial charge in [-0.2, -0.15) is 0 Å². The summed E-state index contributed by atoms with van der Waals surface area (Å²) < 4.78 is 5.39. The summed E-state index contributed by atoms with van der Waals surface area (Å²) in [7, 11) is 3.34. The van der Waals surface area contributed by atoms with Gasteiger partial charge in [-0.1, -0.05) is 19.4 Å². The normalized spacial score (nSPS) is 9.86. The fraction of sp³-hybridized carbons (Fsp3) is 0.467. The third-order valence-electron chi connectivity index (χ3n) is 2.77. The second-order valence-corrected chi connectivity index (χ2v) is 4.84. The molecule has 3 amide bonds. The molecule has 0 unspecified atom stereocenters. The summed E-state index contributed by atoms with van der Waals surface area (Å²) in [5.41, 5.74) is 0.624. The number of benzene rings is 1. The largest absolute Gasteiger partial charge is 0.484 e. The number of rotatable bonds is 7. The van der Waals surface area contributed by atoms with E-state index in [0.29, 0.717) is 18.0 Å². The number of ether oxygens (including phenoxy) is 1. The summed E-state index contributed by atoms with van der Waals surface area (Å²) in [5.74, 6) is 0.419. The Bertz CT molecular complexity index is 475. The van der Waals surface area contributed by atoms with Gasteiger partial charge in [0.1, 0.15) is 5.75 Å². The second-order valence-electron chi connectivity index (χ2n) is 4.84. The summed E-state index contributed by atoms with van der Waals surface area (Å²) in [6.07, 6.45) is 1.98. The van der Waals surface area contributed by atoms with Gasteiger partial charge in [-0.25, -0.2) is 4.79 Å². The number of unbranched alkanes of at least 4 members (excludes halogenated alkanes) is 1. The molecule has 116 valence electrons. The van der Waals surface area contributed by atoms with E-state index in [4.69, 9.17) is 4.74 Å². The van der Waals surface area contributed by atoms with Crippen molar-refractivity contribution in [1.29, 1.82) is 0 Å². The van der Waals surface area contributed by atoms with E-state index in [1.54, 1.807) is 38.4 Å². The van der Waals surface area contributed by atoms with Gasteiger partial charge in [0.05, 0.1) is 0 Å². The average molecular weight is 293 g/mol. The standard InChI is InChI=1S/C15H23N3O3/c1-4-5-9-16-15(20)17-12-7-6-8-13(10-12)21-11-14(19)18(2)3/h6-8,10H,4-5,9,11H2,1-3H3,(H2,16,17,20). The molecule has 0 aliphatic heterocycles. The van der Waals surface area contributed by atoms with Crippen LogP contribution in [0, 0.1) is 0 Å². The van der Waals surface area contributed by atoms with E-state index in [1.165, 1.54) is 4.90 Å². The summed E-state index contributed by atoms with van der Waals surface area (Å²) >= 11 is 0. The monoisotopic (exact) mass is 293 g/mol. The molecule has 0 aliphatic rings. The number of anilines is 1. The number of nitrogens with one attached hydrogen (secondary N) is 2. The molecule has 2 N–H and O–H groups in total. The van der Waals surface area contributed by atoms with E-state index in [2.05, 4.69) is 17.6 Å². The van der Waals surface area contributed by atoms with E-state index in [-0.39, 0.29) is 18.5 Å². The van der Waals surface area contributed by atoms with Gasteiger partial charge in [0.25, 0.3) is 5.91 Å². The summed E-state index contributed by atoms with van der Waals surface area (Å²) in [6.45, 7) is 2.68. The highest BCUT2D eigenvalue weighted by molar-refractivity contribution is 5.89. The first-order chi connectivity index (χ1) is 10.0. The number of urea groups is 1. The maximum Gasteiger partial charge on any atom is 0.319 e. The zero-order valence-electron chi connectivity index (χ0n) is 12.8. The van der Waals surface area contributed by atoms with Crippen LogP contribution in [0.5, 0.6) is 5.75 Å². The molecule has 1 rings (SSSR count). The second kappa shape index (κ2) is 8.84. The molecule has 0 fully saturated rings. The smallest absolute Gasteiger partial charge is 0.319 e. The number of likely N-dealkylation sites (N-methyl/N-ethyl adjacent to an activating group) is 1. The molecular formula is C15H23N3O3. The van der Waals surface area contributed by atoms with Crippen LogP contribution >= 0.6 is 0 Å². The van der Waals surface area contributed by atoms with Crippen molar-refractivity contribution in [3.63, 3.8) is 0 Å². The maximum absolute atomic E-state index is 11.6. The van der Waals surface area contributed by atoms with Crippen LogP contribution in [-0.4, -0.2) is 44.1 Å². The van der Waals surface area contributed by atoms with Gasteiger partial charge in [-0.15, -0.1) is 0 Å². The molecule has 0 radical (unpaired) electrons. The fourth-order valence-corrected chi connectivity index (χ4v) is 1.49. The lowest BCUT2D eigenvalue weighted by atomic mass is 10.3. The van der Waals surface area contributed by atoms with Crippen molar-refractivity contribution < 1.29 is 14.3 Å². The van der Waals surface area contributed by atoms with Gasteiger partial charge in [0, 0.05) is 32.4 Å². The highest BCUT2D eigenvalue weighted by Gasteiger charge is 2.06. The van der Waals surface area contributed by atoms with E-state index >= 15 is 0 Å². The van der Waals surface area contributed by atoms with Crippen molar-refractivity contribution in [3.05, 3.63) is 24.3 Å². The van der Waals surface area contributed by atoms with E-state index in [1.807, 2.05) is 0 Å². The number of nitrogens with zero attached hydrogens (tertiary/aromatic N) is 1. The molecule has 0 atom stereocenters. The van der Waals surface area contributed by atoms with Gasteiger partial charge < -0.3 is 20.3 Å². The first-order valence-corrected chi connectivity index (χ1v) is 7.00. The SMILES string of the molecule is CCCCNC(=O)Nc1cccc(OCC(=O)N(C)C)c1. The van der Waals surface area contributed by atoms with Gasteiger partial charge in [0.2, 0.25) is 0 Å². The zero-order valence-corrected chi connectivity index (χ0v) is 12.8. The lowest BCUT2D eigenvalue weighted by Gasteiger charge is -2.12.